The summed E-state index contributed by atoms with van der Waals surface area (Å²) in [6.07, 6.45) is 1.59. The number of aliphatic imine (C=N–C) groups is 1. The zero-order valence-electron chi connectivity index (χ0n) is 20.8. The van der Waals surface area contributed by atoms with Crippen LogP contribution in [0.15, 0.2) is 77.4 Å². The zero-order valence-corrected chi connectivity index (χ0v) is 20.8. The summed E-state index contributed by atoms with van der Waals surface area (Å²) < 4.78 is 21.6. The first-order valence-corrected chi connectivity index (χ1v) is 11.4. The molecule has 184 valence electrons. The van der Waals surface area contributed by atoms with E-state index in [4.69, 9.17) is 18.9 Å². The molecule has 0 spiro atoms. The van der Waals surface area contributed by atoms with Gasteiger partial charge < -0.3 is 18.9 Å². The molecule has 1 aliphatic heterocycles. The Morgan fingerprint density at radius 1 is 0.889 bits per heavy atom. The van der Waals surface area contributed by atoms with Crippen molar-refractivity contribution in [2.45, 2.75) is 26.2 Å². The molecule has 0 bridgehead atoms. The molecule has 36 heavy (non-hydrogen) atoms. The number of methoxy groups -OCH3 is 2. The van der Waals surface area contributed by atoms with Crippen LogP contribution in [0, 0.1) is 0 Å². The van der Waals surface area contributed by atoms with E-state index in [2.05, 4.69) is 25.8 Å². The van der Waals surface area contributed by atoms with Crippen molar-refractivity contribution in [2.75, 3.05) is 14.2 Å². The third-order valence-electron chi connectivity index (χ3n) is 5.64. The predicted octanol–water partition coefficient (Wildman–Crippen LogP) is 5.57. The highest BCUT2D eigenvalue weighted by Gasteiger charge is 2.25. The second-order valence-corrected chi connectivity index (χ2v) is 9.16. The van der Waals surface area contributed by atoms with Gasteiger partial charge in [-0.25, -0.2) is 14.6 Å². The summed E-state index contributed by atoms with van der Waals surface area (Å²) in [7, 11) is 2.95. The molecule has 0 atom stereocenters. The highest BCUT2D eigenvalue weighted by Crippen LogP contribution is 2.31. The van der Waals surface area contributed by atoms with Crippen LogP contribution in [0.2, 0.25) is 0 Å². The van der Waals surface area contributed by atoms with Gasteiger partial charge in [0, 0.05) is 5.56 Å². The van der Waals surface area contributed by atoms with Gasteiger partial charge in [-0.1, -0.05) is 51.1 Å². The molecule has 0 aromatic heterocycles. The average molecular weight is 486 g/mol. The van der Waals surface area contributed by atoms with Crippen LogP contribution >= 0.6 is 0 Å². The fraction of sp³-hybridized carbons (Fsp3) is 0.207. The third kappa shape index (κ3) is 5.30. The Labute approximate surface area is 210 Å². The van der Waals surface area contributed by atoms with Gasteiger partial charge in [0.25, 0.3) is 0 Å². The Hall–Kier alpha value is -4.39. The Balaban J connectivity index is 1.56. The number of cyclic esters (lactones) is 1. The van der Waals surface area contributed by atoms with E-state index in [0.29, 0.717) is 22.6 Å². The number of rotatable bonds is 6. The van der Waals surface area contributed by atoms with Crippen LogP contribution in [-0.4, -0.2) is 32.1 Å². The lowest BCUT2D eigenvalue weighted by Crippen LogP contribution is -2.11. The maximum atomic E-state index is 12.7. The lowest BCUT2D eigenvalue weighted by molar-refractivity contribution is -0.129. The molecule has 7 heteroatoms. The van der Waals surface area contributed by atoms with Gasteiger partial charge in [0.1, 0.15) is 11.3 Å². The van der Waals surface area contributed by atoms with Gasteiger partial charge in [0.05, 0.1) is 14.2 Å². The molecule has 1 aliphatic rings. The van der Waals surface area contributed by atoms with Crippen molar-refractivity contribution < 1.29 is 28.5 Å². The van der Waals surface area contributed by atoms with Crippen LogP contribution in [0.3, 0.4) is 0 Å². The van der Waals surface area contributed by atoms with Crippen LogP contribution in [0.25, 0.3) is 6.08 Å². The summed E-state index contributed by atoms with van der Waals surface area (Å²) in [4.78, 5) is 29.5. The molecule has 0 aliphatic carbocycles. The number of esters is 2. The fourth-order valence-corrected chi connectivity index (χ4v) is 3.63. The number of nitrogens with zero attached hydrogens (tertiary/aromatic N) is 1. The smallest absolute Gasteiger partial charge is 0.363 e. The van der Waals surface area contributed by atoms with Gasteiger partial charge in [0.15, 0.2) is 17.2 Å². The molecule has 3 aromatic rings. The number of carbonyl (C=O) groups excluding carboxylic acids is 2. The quantitative estimate of drug-likeness (QED) is 0.258. The van der Waals surface area contributed by atoms with Gasteiger partial charge in [-0.3, -0.25) is 0 Å². The molecular formula is C29H27NO6. The molecule has 0 radical (unpaired) electrons. The van der Waals surface area contributed by atoms with Crippen molar-refractivity contribution in [1.82, 2.24) is 0 Å². The van der Waals surface area contributed by atoms with Crippen molar-refractivity contribution in [1.29, 1.82) is 0 Å². The Morgan fingerprint density at radius 2 is 1.58 bits per heavy atom. The molecule has 0 saturated carbocycles. The molecule has 0 N–H and O–H groups in total. The summed E-state index contributed by atoms with van der Waals surface area (Å²) in [6.45, 7) is 6.40. The van der Waals surface area contributed by atoms with Crippen molar-refractivity contribution in [3.8, 4) is 17.2 Å². The topological polar surface area (TPSA) is 83.4 Å². The van der Waals surface area contributed by atoms with Crippen LogP contribution in [0.1, 0.15) is 47.8 Å². The maximum Gasteiger partial charge on any atom is 0.363 e. The summed E-state index contributed by atoms with van der Waals surface area (Å²) in [5.41, 5.74) is 2.99. The number of carbonyl (C=O) groups is 2. The zero-order chi connectivity index (χ0) is 25.9. The summed E-state index contributed by atoms with van der Waals surface area (Å²) in [6, 6.07) is 19.5. The summed E-state index contributed by atoms with van der Waals surface area (Å²) in [5.74, 6) is 0.0809. The van der Waals surface area contributed by atoms with Crippen LogP contribution in [-0.2, 0) is 14.9 Å². The second-order valence-electron chi connectivity index (χ2n) is 9.16. The van der Waals surface area contributed by atoms with Gasteiger partial charge in [-0.05, 0) is 59.0 Å². The van der Waals surface area contributed by atoms with Crippen molar-refractivity contribution in [3.63, 3.8) is 0 Å². The molecule has 1 heterocycles. The molecule has 0 fully saturated rings. The van der Waals surface area contributed by atoms with Crippen molar-refractivity contribution in [2.24, 2.45) is 4.99 Å². The van der Waals surface area contributed by atoms with E-state index in [1.54, 1.807) is 48.5 Å². The van der Waals surface area contributed by atoms with Crippen molar-refractivity contribution >= 4 is 23.9 Å². The van der Waals surface area contributed by atoms with Gasteiger partial charge >= 0.3 is 11.9 Å². The van der Waals surface area contributed by atoms with Gasteiger partial charge in [-0.15, -0.1) is 0 Å². The summed E-state index contributed by atoms with van der Waals surface area (Å²) >= 11 is 0. The number of para-hydroxylation sites is 1. The molecule has 0 amide bonds. The average Bonchev–Trinajstić information content (AvgIpc) is 3.24. The monoisotopic (exact) mass is 485 g/mol. The van der Waals surface area contributed by atoms with E-state index < -0.39 is 11.9 Å². The number of hydrogen-bond donors (Lipinski definition) is 0. The Bertz CT molecular complexity index is 1360. The van der Waals surface area contributed by atoms with E-state index in [1.807, 2.05) is 24.3 Å². The minimum atomic E-state index is -0.581. The third-order valence-corrected chi connectivity index (χ3v) is 5.64. The van der Waals surface area contributed by atoms with Crippen molar-refractivity contribution in [3.05, 3.63) is 94.7 Å². The van der Waals surface area contributed by atoms with E-state index in [9.17, 15) is 9.59 Å². The molecule has 0 saturated heterocycles. The van der Waals surface area contributed by atoms with Gasteiger partial charge in [-0.2, -0.15) is 0 Å². The van der Waals surface area contributed by atoms with Crippen LogP contribution < -0.4 is 14.2 Å². The largest absolute Gasteiger partial charge is 0.496 e. The normalized spacial score (nSPS) is 14.3. The first-order chi connectivity index (χ1) is 17.2. The minimum absolute atomic E-state index is 0.0183. The maximum absolute atomic E-state index is 12.7. The Morgan fingerprint density at radius 3 is 2.25 bits per heavy atom. The number of benzene rings is 3. The number of hydrogen-bond acceptors (Lipinski definition) is 7. The summed E-state index contributed by atoms with van der Waals surface area (Å²) in [5, 5.41) is 0. The SMILES string of the molecule is COc1cc(C=C2N=C(c3ccc(C(C)(C)C)cc3)OC2=O)ccc1OC(=O)c1ccccc1OC. The van der Waals surface area contributed by atoms with E-state index in [1.165, 1.54) is 19.8 Å². The highest BCUT2D eigenvalue weighted by molar-refractivity contribution is 6.12. The van der Waals surface area contributed by atoms with Gasteiger partial charge in [0.2, 0.25) is 5.90 Å². The molecular weight excluding hydrogens is 458 g/mol. The first-order valence-electron chi connectivity index (χ1n) is 11.4. The predicted molar refractivity (Wildman–Crippen MR) is 137 cm³/mol. The van der Waals surface area contributed by atoms with Crippen LogP contribution in [0.4, 0.5) is 0 Å². The lowest BCUT2D eigenvalue weighted by Gasteiger charge is -2.18. The molecule has 3 aromatic carbocycles. The van der Waals surface area contributed by atoms with E-state index in [-0.39, 0.29) is 22.8 Å². The number of ether oxygens (including phenoxy) is 4. The molecule has 4 rings (SSSR count). The molecule has 0 unspecified atom stereocenters. The minimum Gasteiger partial charge on any atom is -0.496 e. The van der Waals surface area contributed by atoms with E-state index in [0.717, 1.165) is 5.56 Å². The fourth-order valence-electron chi connectivity index (χ4n) is 3.63. The van der Waals surface area contributed by atoms with Crippen LogP contribution in [0.5, 0.6) is 17.2 Å². The second kappa shape index (κ2) is 10.1. The highest BCUT2D eigenvalue weighted by atomic mass is 16.6. The Kier molecular flexibility index (Phi) is 6.92. The van der Waals surface area contributed by atoms with E-state index >= 15 is 0 Å². The standard InChI is InChI=1S/C29H27NO6/c1-29(2,3)20-13-11-19(12-14-20)26-30-22(28(32)36-26)16-18-10-15-24(25(17-18)34-5)35-27(31)21-8-6-7-9-23(21)33-4/h6-17H,1-5H3. The lowest BCUT2D eigenvalue weighted by atomic mass is 9.87. The first kappa shape index (κ1) is 24.7. The molecule has 7 nitrogen and oxygen atoms in total.